The average molecular weight is 353 g/mol. The predicted molar refractivity (Wildman–Crippen MR) is 99.5 cm³/mol. The van der Waals surface area contributed by atoms with E-state index in [-0.39, 0.29) is 11.7 Å². The number of thioether (sulfide) groups is 1. The molecule has 0 aliphatic rings. The van der Waals surface area contributed by atoms with Gasteiger partial charge in [-0.05, 0) is 49.2 Å². The van der Waals surface area contributed by atoms with Crippen molar-refractivity contribution < 1.29 is 4.79 Å². The number of carbonyl (C=O) groups excluding carboxylic acids is 1. The van der Waals surface area contributed by atoms with Gasteiger partial charge in [-0.15, -0.1) is 10.2 Å². The first-order chi connectivity index (χ1) is 12.0. The summed E-state index contributed by atoms with van der Waals surface area (Å²) in [5, 5.41) is 11.9. The van der Waals surface area contributed by atoms with Crippen molar-refractivity contribution in [2.45, 2.75) is 19.0 Å². The lowest BCUT2D eigenvalue weighted by Gasteiger charge is -2.07. The number of benzene rings is 1. The molecule has 0 saturated heterocycles. The zero-order valence-electron chi connectivity index (χ0n) is 14.4. The standard InChI is InChI=1S/C18H19N5OS/c1-12-7-8-14(10-13(12)2)20-16(24)11-25-18-22-21-17(23(18)3)15-6-4-5-9-19-15/h4-10H,11H2,1-3H3,(H,20,24). The summed E-state index contributed by atoms with van der Waals surface area (Å²) < 4.78 is 1.84. The van der Waals surface area contributed by atoms with Crippen LogP contribution in [0.15, 0.2) is 47.8 Å². The Labute approximate surface area is 150 Å². The largest absolute Gasteiger partial charge is 0.325 e. The fourth-order valence-electron chi connectivity index (χ4n) is 2.31. The lowest BCUT2D eigenvalue weighted by molar-refractivity contribution is -0.113. The second-order valence-electron chi connectivity index (χ2n) is 5.72. The van der Waals surface area contributed by atoms with Gasteiger partial charge >= 0.3 is 0 Å². The third kappa shape index (κ3) is 4.06. The Balaban J connectivity index is 1.63. The molecule has 6 nitrogen and oxygen atoms in total. The summed E-state index contributed by atoms with van der Waals surface area (Å²) in [6, 6.07) is 11.5. The summed E-state index contributed by atoms with van der Waals surface area (Å²) in [4.78, 5) is 16.4. The summed E-state index contributed by atoms with van der Waals surface area (Å²) in [6.07, 6.45) is 1.72. The van der Waals surface area contributed by atoms with Gasteiger partial charge in [0.15, 0.2) is 11.0 Å². The summed E-state index contributed by atoms with van der Waals surface area (Å²) >= 11 is 1.35. The topological polar surface area (TPSA) is 72.7 Å². The molecular weight excluding hydrogens is 334 g/mol. The number of pyridine rings is 1. The van der Waals surface area contributed by atoms with Crippen LogP contribution >= 0.6 is 11.8 Å². The van der Waals surface area contributed by atoms with Crippen molar-refractivity contribution in [3.05, 3.63) is 53.7 Å². The molecule has 3 rings (SSSR count). The maximum Gasteiger partial charge on any atom is 0.234 e. The first-order valence-corrected chi connectivity index (χ1v) is 8.84. The van der Waals surface area contributed by atoms with E-state index in [1.165, 1.54) is 17.3 Å². The Kier molecular flexibility index (Phi) is 5.14. The number of aromatic nitrogens is 4. The van der Waals surface area contributed by atoms with Crippen molar-refractivity contribution in [2.75, 3.05) is 11.1 Å². The summed E-state index contributed by atoms with van der Waals surface area (Å²) in [5.41, 5.74) is 3.91. The van der Waals surface area contributed by atoms with Crippen molar-refractivity contribution in [3.63, 3.8) is 0 Å². The first kappa shape index (κ1) is 17.2. The first-order valence-electron chi connectivity index (χ1n) is 7.85. The second-order valence-corrected chi connectivity index (χ2v) is 6.66. The smallest absolute Gasteiger partial charge is 0.234 e. The van der Waals surface area contributed by atoms with Crippen LogP contribution in [0.4, 0.5) is 5.69 Å². The van der Waals surface area contributed by atoms with Gasteiger partial charge in [0, 0.05) is 18.9 Å². The molecule has 1 aromatic carbocycles. The van der Waals surface area contributed by atoms with Gasteiger partial charge < -0.3 is 9.88 Å². The zero-order valence-corrected chi connectivity index (χ0v) is 15.2. The average Bonchev–Trinajstić information content (AvgIpc) is 2.98. The number of hydrogen-bond donors (Lipinski definition) is 1. The highest BCUT2D eigenvalue weighted by Crippen LogP contribution is 2.21. The van der Waals surface area contributed by atoms with Crippen LogP contribution in [0, 0.1) is 13.8 Å². The minimum atomic E-state index is -0.0735. The van der Waals surface area contributed by atoms with Crippen LogP contribution in [0.25, 0.3) is 11.5 Å². The van der Waals surface area contributed by atoms with Gasteiger partial charge in [-0.25, -0.2) is 0 Å². The molecule has 2 heterocycles. The van der Waals surface area contributed by atoms with E-state index in [9.17, 15) is 4.79 Å². The lowest BCUT2D eigenvalue weighted by atomic mass is 10.1. The number of anilines is 1. The maximum atomic E-state index is 12.2. The van der Waals surface area contributed by atoms with Crippen LogP contribution in [0.3, 0.4) is 0 Å². The van der Waals surface area contributed by atoms with Crippen LogP contribution in [-0.2, 0) is 11.8 Å². The van der Waals surface area contributed by atoms with Gasteiger partial charge in [-0.3, -0.25) is 9.78 Å². The van der Waals surface area contributed by atoms with Gasteiger partial charge in [-0.2, -0.15) is 0 Å². The quantitative estimate of drug-likeness (QED) is 0.713. The number of amides is 1. The molecule has 0 atom stereocenters. The highest BCUT2D eigenvalue weighted by Gasteiger charge is 2.13. The van der Waals surface area contributed by atoms with Crippen molar-refractivity contribution >= 4 is 23.4 Å². The van der Waals surface area contributed by atoms with E-state index in [0.29, 0.717) is 11.0 Å². The molecule has 3 aromatic rings. The van der Waals surface area contributed by atoms with E-state index in [2.05, 4.69) is 20.5 Å². The molecule has 0 fully saturated rings. The van der Waals surface area contributed by atoms with Crippen molar-refractivity contribution in [3.8, 4) is 11.5 Å². The number of aryl methyl sites for hydroxylation is 2. The number of rotatable bonds is 5. The van der Waals surface area contributed by atoms with Crippen LogP contribution in [-0.4, -0.2) is 31.4 Å². The molecule has 1 amide bonds. The Morgan fingerprint density at radius 3 is 2.72 bits per heavy atom. The minimum Gasteiger partial charge on any atom is -0.325 e. The normalized spacial score (nSPS) is 10.7. The zero-order chi connectivity index (χ0) is 17.8. The van der Waals surface area contributed by atoms with Gasteiger partial charge in [0.2, 0.25) is 5.91 Å². The SMILES string of the molecule is Cc1ccc(NC(=O)CSc2nnc(-c3ccccn3)n2C)cc1C. The summed E-state index contributed by atoms with van der Waals surface area (Å²) in [6.45, 7) is 4.07. The van der Waals surface area contributed by atoms with E-state index < -0.39 is 0 Å². The lowest BCUT2D eigenvalue weighted by Crippen LogP contribution is -2.14. The minimum absolute atomic E-state index is 0.0735. The van der Waals surface area contributed by atoms with Gasteiger partial charge in [0.25, 0.3) is 0 Å². The van der Waals surface area contributed by atoms with Crippen LogP contribution in [0.5, 0.6) is 0 Å². The third-order valence-electron chi connectivity index (χ3n) is 3.85. The predicted octanol–water partition coefficient (Wildman–Crippen LogP) is 3.22. The number of hydrogen-bond acceptors (Lipinski definition) is 5. The Bertz CT molecular complexity index is 892. The third-order valence-corrected chi connectivity index (χ3v) is 4.87. The van der Waals surface area contributed by atoms with E-state index >= 15 is 0 Å². The van der Waals surface area contributed by atoms with Crippen molar-refractivity contribution in [2.24, 2.45) is 7.05 Å². The van der Waals surface area contributed by atoms with Crippen molar-refractivity contribution in [1.82, 2.24) is 19.7 Å². The van der Waals surface area contributed by atoms with E-state index in [0.717, 1.165) is 16.9 Å². The van der Waals surface area contributed by atoms with E-state index in [1.807, 2.05) is 61.9 Å². The second kappa shape index (κ2) is 7.48. The van der Waals surface area contributed by atoms with Gasteiger partial charge in [0.05, 0.1) is 5.75 Å². The van der Waals surface area contributed by atoms with Gasteiger partial charge in [0.1, 0.15) is 5.69 Å². The monoisotopic (exact) mass is 353 g/mol. The highest BCUT2D eigenvalue weighted by molar-refractivity contribution is 7.99. The fraction of sp³-hybridized carbons (Fsp3) is 0.222. The number of nitrogens with zero attached hydrogens (tertiary/aromatic N) is 4. The molecule has 2 aromatic heterocycles. The molecule has 25 heavy (non-hydrogen) atoms. The van der Waals surface area contributed by atoms with Gasteiger partial charge in [-0.1, -0.05) is 23.9 Å². The molecule has 0 saturated carbocycles. The molecule has 0 spiro atoms. The maximum absolute atomic E-state index is 12.2. The Morgan fingerprint density at radius 2 is 2.00 bits per heavy atom. The molecule has 128 valence electrons. The molecule has 0 radical (unpaired) electrons. The molecule has 0 aliphatic heterocycles. The molecule has 0 unspecified atom stereocenters. The fourth-order valence-corrected chi connectivity index (χ4v) is 3.02. The van der Waals surface area contributed by atoms with Crippen molar-refractivity contribution in [1.29, 1.82) is 0 Å². The van der Waals surface area contributed by atoms with Crippen LogP contribution in [0.2, 0.25) is 0 Å². The summed E-state index contributed by atoms with van der Waals surface area (Å²) in [5.74, 6) is 0.870. The number of carbonyl (C=O) groups is 1. The van der Waals surface area contributed by atoms with E-state index in [1.54, 1.807) is 6.20 Å². The van der Waals surface area contributed by atoms with E-state index in [4.69, 9.17) is 0 Å². The highest BCUT2D eigenvalue weighted by atomic mass is 32.2. The molecule has 7 heteroatoms. The molecule has 0 aliphatic carbocycles. The Morgan fingerprint density at radius 1 is 1.16 bits per heavy atom. The summed E-state index contributed by atoms with van der Waals surface area (Å²) in [7, 11) is 1.87. The Hall–Kier alpha value is -2.67. The van der Waals surface area contributed by atoms with Crippen LogP contribution in [0.1, 0.15) is 11.1 Å². The molecular formula is C18H19N5OS. The molecule has 1 N–H and O–H groups in total. The number of nitrogens with one attached hydrogen (secondary N) is 1. The van der Waals surface area contributed by atoms with Crippen LogP contribution < -0.4 is 5.32 Å². The molecule has 0 bridgehead atoms.